The molecule has 2 aromatic carbocycles. The van der Waals surface area contributed by atoms with E-state index in [4.69, 9.17) is 9.47 Å². The van der Waals surface area contributed by atoms with Gasteiger partial charge in [-0.25, -0.2) is 9.59 Å². The number of alkyl carbamates (subject to hydrolysis) is 1. The first-order valence-electron chi connectivity index (χ1n) is 19.3. The van der Waals surface area contributed by atoms with Crippen LogP contribution in [0.15, 0.2) is 34.1 Å². The molecule has 0 radical (unpaired) electrons. The molecule has 2 amide bonds. The normalized spacial score (nSPS) is 23.3. The van der Waals surface area contributed by atoms with Crippen molar-refractivity contribution < 1.29 is 24.2 Å². The minimum atomic E-state index is -0.522. The van der Waals surface area contributed by atoms with E-state index in [0.717, 1.165) is 57.7 Å². The second kappa shape index (κ2) is 15.0. The van der Waals surface area contributed by atoms with Crippen molar-refractivity contribution in [3.8, 4) is 11.5 Å². The van der Waals surface area contributed by atoms with E-state index in [1.54, 1.807) is 0 Å². The van der Waals surface area contributed by atoms with Crippen LogP contribution < -0.4 is 15.4 Å². The Hall–Kier alpha value is -2.91. The van der Waals surface area contributed by atoms with Crippen LogP contribution in [0.25, 0.3) is 0 Å². The van der Waals surface area contributed by atoms with Gasteiger partial charge in [-0.1, -0.05) is 86.2 Å². The molecule has 1 aliphatic carbocycles. The molecule has 53 heavy (non-hydrogen) atoms. The summed E-state index contributed by atoms with van der Waals surface area (Å²) in [6.45, 7) is 32.5. The molecule has 4 rings (SSSR count). The number of likely N-dealkylation sites (tertiary alicyclic amines) is 1. The van der Waals surface area contributed by atoms with Crippen molar-refractivity contribution in [3.63, 3.8) is 0 Å². The zero-order valence-electron chi connectivity index (χ0n) is 35.6. The number of rotatable bonds is 7. The average molecular weight is 752 g/mol. The smallest absolute Gasteiger partial charge is 0.412 e. The molecule has 2 atom stereocenters. The lowest BCUT2D eigenvalue weighted by Crippen LogP contribution is -2.60. The van der Waals surface area contributed by atoms with Crippen LogP contribution in [0.3, 0.4) is 0 Å². The highest BCUT2D eigenvalue weighted by atomic mass is 32.2. The standard InChI is InChI=1S/C44H69N3O5S/c1-27-17-31(39(3,4)5)35(48)33(19-27)53-34-20-28(2)18-32(40(6,7)8)36(34)52-37(49)45-26-44(15)22-29(21-41(9,10)25-44)46-38(50)51-30-23-42(11,12)47(16)43(13,14)24-30/h17-20,29-30,48H,21-26H2,1-16H3,(H,45,49)(H,46,50). The summed E-state index contributed by atoms with van der Waals surface area (Å²) in [6.07, 6.45) is 2.93. The maximum Gasteiger partial charge on any atom is 0.412 e. The number of carbonyl (C=O) groups excluding carboxylic acids is 2. The second-order valence-electron chi connectivity index (χ2n) is 20.7. The fraction of sp³-hybridized carbons (Fsp3) is 0.682. The first-order valence-corrected chi connectivity index (χ1v) is 20.2. The van der Waals surface area contributed by atoms with Gasteiger partial charge in [-0.05, 0) is 113 Å². The zero-order chi connectivity index (χ0) is 40.1. The van der Waals surface area contributed by atoms with Gasteiger partial charge >= 0.3 is 12.2 Å². The molecular formula is C44H69N3O5S. The summed E-state index contributed by atoms with van der Waals surface area (Å²) in [7, 11) is 2.15. The molecule has 2 unspecified atom stereocenters. The van der Waals surface area contributed by atoms with Crippen molar-refractivity contribution in [1.82, 2.24) is 15.5 Å². The Balaban J connectivity index is 1.51. The quantitative estimate of drug-likeness (QED) is 0.259. The van der Waals surface area contributed by atoms with E-state index in [-0.39, 0.29) is 56.7 Å². The molecular weight excluding hydrogens is 683 g/mol. The maximum absolute atomic E-state index is 13.8. The fourth-order valence-corrected chi connectivity index (χ4v) is 10.2. The van der Waals surface area contributed by atoms with E-state index < -0.39 is 6.09 Å². The van der Waals surface area contributed by atoms with Gasteiger partial charge in [0.15, 0.2) is 0 Å². The van der Waals surface area contributed by atoms with Crippen LogP contribution in [0.2, 0.25) is 0 Å². The van der Waals surface area contributed by atoms with Gasteiger partial charge in [0, 0.05) is 47.6 Å². The van der Waals surface area contributed by atoms with E-state index in [1.165, 1.54) is 11.8 Å². The van der Waals surface area contributed by atoms with Gasteiger partial charge in [0.1, 0.15) is 17.6 Å². The Kier molecular flexibility index (Phi) is 12.1. The number of ether oxygens (including phenoxy) is 2. The van der Waals surface area contributed by atoms with Crippen molar-refractivity contribution in [2.75, 3.05) is 13.6 Å². The third-order valence-electron chi connectivity index (χ3n) is 11.4. The predicted octanol–water partition coefficient (Wildman–Crippen LogP) is 10.8. The van der Waals surface area contributed by atoms with E-state index in [2.05, 4.69) is 119 Å². The summed E-state index contributed by atoms with van der Waals surface area (Å²) in [5, 5.41) is 17.7. The molecule has 8 nitrogen and oxygen atoms in total. The number of phenols is 1. The van der Waals surface area contributed by atoms with E-state index in [1.807, 2.05) is 32.0 Å². The molecule has 2 aliphatic rings. The number of aryl methyl sites for hydroxylation is 2. The number of nitrogens with zero attached hydrogens (tertiary/aromatic N) is 1. The van der Waals surface area contributed by atoms with E-state index >= 15 is 0 Å². The molecule has 9 heteroatoms. The van der Waals surface area contributed by atoms with Gasteiger partial charge < -0.3 is 25.2 Å². The highest BCUT2D eigenvalue weighted by Crippen LogP contribution is 2.48. The molecule has 1 saturated heterocycles. The van der Waals surface area contributed by atoms with E-state index in [9.17, 15) is 14.7 Å². The summed E-state index contributed by atoms with van der Waals surface area (Å²) < 4.78 is 12.3. The summed E-state index contributed by atoms with van der Waals surface area (Å²) in [5.74, 6) is 0.752. The lowest BCUT2D eigenvalue weighted by molar-refractivity contribution is -0.0691. The summed E-state index contributed by atoms with van der Waals surface area (Å²) in [6, 6.07) is 8.04. The second-order valence-corrected chi connectivity index (χ2v) is 21.7. The molecule has 0 aromatic heterocycles. The molecule has 0 bridgehead atoms. The third-order valence-corrected chi connectivity index (χ3v) is 12.5. The predicted molar refractivity (Wildman–Crippen MR) is 218 cm³/mol. The Morgan fingerprint density at radius 3 is 1.89 bits per heavy atom. The number of phenolic OH excluding ortho intramolecular Hbond substituents is 1. The fourth-order valence-electron chi connectivity index (χ4n) is 8.99. The van der Waals surface area contributed by atoms with Crippen LogP contribution in [0.4, 0.5) is 9.59 Å². The summed E-state index contributed by atoms with van der Waals surface area (Å²) >= 11 is 1.43. The highest BCUT2D eigenvalue weighted by molar-refractivity contribution is 7.99. The molecule has 0 spiro atoms. The Morgan fingerprint density at radius 1 is 0.811 bits per heavy atom. The molecule has 3 N–H and O–H groups in total. The molecule has 2 aromatic rings. The SMILES string of the molecule is Cc1cc(Sc2cc(C)cc(C(C)(C)C)c2OC(=O)NCC2(C)CC(NC(=O)OC3CC(C)(C)N(C)C(C)(C)C3)CC(C)(C)C2)c(O)c(C(C)(C)C)c1. The van der Waals surface area contributed by atoms with Gasteiger partial charge in [-0.15, -0.1) is 0 Å². The van der Waals surface area contributed by atoms with Gasteiger partial charge in [0.25, 0.3) is 0 Å². The molecule has 1 saturated carbocycles. The van der Waals surface area contributed by atoms with Crippen LogP contribution in [-0.4, -0.2) is 59.0 Å². The Morgan fingerprint density at radius 2 is 1.34 bits per heavy atom. The monoisotopic (exact) mass is 751 g/mol. The number of hydrogen-bond donors (Lipinski definition) is 3. The summed E-state index contributed by atoms with van der Waals surface area (Å²) in [5.41, 5.74) is 2.84. The number of nitrogens with one attached hydrogen (secondary N) is 2. The van der Waals surface area contributed by atoms with Crippen LogP contribution in [0.5, 0.6) is 11.5 Å². The lowest BCUT2D eigenvalue weighted by atomic mass is 9.62. The Labute approximate surface area is 324 Å². The number of carbonyl (C=O) groups is 2. The van der Waals surface area contributed by atoms with Gasteiger partial charge in [0.05, 0.1) is 9.79 Å². The number of amides is 2. The lowest BCUT2D eigenvalue weighted by Gasteiger charge is -2.53. The number of benzene rings is 2. The van der Waals surface area contributed by atoms with Crippen LogP contribution in [0, 0.1) is 24.7 Å². The first kappa shape index (κ1) is 42.8. The minimum Gasteiger partial charge on any atom is -0.506 e. The van der Waals surface area contributed by atoms with Gasteiger partial charge in [-0.2, -0.15) is 0 Å². The van der Waals surface area contributed by atoms with Crippen LogP contribution in [-0.2, 0) is 15.6 Å². The zero-order valence-corrected chi connectivity index (χ0v) is 36.5. The van der Waals surface area contributed by atoms with Crippen LogP contribution in [0.1, 0.15) is 144 Å². The highest BCUT2D eigenvalue weighted by Gasteiger charge is 2.46. The topological polar surface area (TPSA) is 100 Å². The molecule has 1 heterocycles. The van der Waals surface area contributed by atoms with Crippen molar-refractivity contribution in [3.05, 3.63) is 46.5 Å². The number of hydrogen-bond acceptors (Lipinski definition) is 7. The van der Waals surface area contributed by atoms with Crippen molar-refractivity contribution in [2.24, 2.45) is 10.8 Å². The molecule has 1 aliphatic heterocycles. The largest absolute Gasteiger partial charge is 0.506 e. The first-order chi connectivity index (χ1) is 24.0. The van der Waals surface area contributed by atoms with Gasteiger partial charge in [0.2, 0.25) is 0 Å². The average Bonchev–Trinajstić information content (AvgIpc) is 2.95. The van der Waals surface area contributed by atoms with Crippen molar-refractivity contribution in [2.45, 2.75) is 180 Å². The van der Waals surface area contributed by atoms with E-state index in [0.29, 0.717) is 18.7 Å². The molecule has 296 valence electrons. The maximum atomic E-state index is 13.8. The molecule has 2 fully saturated rings. The van der Waals surface area contributed by atoms with Gasteiger partial charge in [-0.3, -0.25) is 4.90 Å². The van der Waals surface area contributed by atoms with Crippen molar-refractivity contribution >= 4 is 23.9 Å². The minimum absolute atomic E-state index is 0.0596. The third kappa shape index (κ3) is 10.7. The summed E-state index contributed by atoms with van der Waals surface area (Å²) in [4.78, 5) is 31.0. The number of aromatic hydroxyl groups is 1. The van der Waals surface area contributed by atoms with Crippen LogP contribution >= 0.6 is 11.8 Å². The Bertz CT molecular complexity index is 1670. The number of piperidine rings is 1. The van der Waals surface area contributed by atoms with Crippen molar-refractivity contribution in [1.29, 1.82) is 0 Å².